The number of amides is 3. The minimum Gasteiger partial charge on any atom is -0.325 e. The van der Waals surface area contributed by atoms with Gasteiger partial charge in [0, 0.05) is 5.69 Å². The van der Waals surface area contributed by atoms with Crippen LogP contribution in [0.5, 0.6) is 0 Å². The van der Waals surface area contributed by atoms with Crippen molar-refractivity contribution in [2.45, 2.75) is 30.0 Å². The van der Waals surface area contributed by atoms with E-state index in [0.29, 0.717) is 5.69 Å². The number of rotatable bonds is 5. The molecule has 1 saturated heterocycles. The number of nitrogens with zero attached hydrogens (tertiary/aromatic N) is 2. The zero-order valence-corrected chi connectivity index (χ0v) is 18.4. The summed E-state index contributed by atoms with van der Waals surface area (Å²) in [4.78, 5) is 43.9. The van der Waals surface area contributed by atoms with Gasteiger partial charge in [-0.15, -0.1) is 11.3 Å². The first kappa shape index (κ1) is 20.2. The lowest BCUT2D eigenvalue weighted by Gasteiger charge is -2.19. The third-order valence-electron chi connectivity index (χ3n) is 5.84. The summed E-state index contributed by atoms with van der Waals surface area (Å²) in [6.07, 6.45) is 3.64. The Labute approximate surface area is 188 Å². The van der Waals surface area contributed by atoms with Crippen LogP contribution in [0.1, 0.15) is 25.7 Å². The molecule has 1 saturated carbocycles. The highest BCUT2D eigenvalue weighted by atomic mass is 32.2. The number of nitrogens with one attached hydrogen (secondary N) is 1. The van der Waals surface area contributed by atoms with Crippen molar-refractivity contribution in [2.75, 3.05) is 16.0 Å². The summed E-state index contributed by atoms with van der Waals surface area (Å²) in [5, 5.41) is 2.86. The van der Waals surface area contributed by atoms with Gasteiger partial charge in [0.25, 0.3) is 0 Å². The van der Waals surface area contributed by atoms with Crippen molar-refractivity contribution >= 4 is 62.4 Å². The van der Waals surface area contributed by atoms with E-state index in [4.69, 9.17) is 0 Å². The molecule has 2 aromatic carbocycles. The maximum atomic E-state index is 12.9. The Hall–Kier alpha value is -2.71. The first-order chi connectivity index (χ1) is 15.1. The molecule has 158 valence electrons. The molecule has 3 aromatic rings. The Morgan fingerprint density at radius 3 is 2.48 bits per heavy atom. The van der Waals surface area contributed by atoms with E-state index in [9.17, 15) is 14.4 Å². The van der Waals surface area contributed by atoms with Crippen LogP contribution < -0.4 is 10.2 Å². The van der Waals surface area contributed by atoms with Gasteiger partial charge < -0.3 is 5.32 Å². The van der Waals surface area contributed by atoms with E-state index < -0.39 is 0 Å². The molecule has 2 fully saturated rings. The molecule has 0 spiro atoms. The molecule has 5 rings (SSSR count). The maximum Gasteiger partial charge on any atom is 0.237 e. The molecular weight excluding hydrogens is 430 g/mol. The number of benzene rings is 2. The minimum atomic E-state index is -0.160. The highest BCUT2D eigenvalue weighted by molar-refractivity contribution is 8.01. The number of carbonyl (C=O) groups excluding carboxylic acids is 3. The molecule has 8 heteroatoms. The number of thioether (sulfide) groups is 1. The normalized spacial score (nSPS) is 20.8. The summed E-state index contributed by atoms with van der Waals surface area (Å²) in [5.74, 6) is -0.280. The van der Waals surface area contributed by atoms with Gasteiger partial charge in [-0.25, -0.2) is 4.98 Å². The smallest absolute Gasteiger partial charge is 0.237 e. The molecule has 6 nitrogen and oxygen atoms in total. The van der Waals surface area contributed by atoms with Gasteiger partial charge in [-0.3, -0.25) is 19.3 Å². The second-order valence-corrected chi connectivity index (χ2v) is 10.1. The number of anilines is 2. The van der Waals surface area contributed by atoms with Gasteiger partial charge in [-0.05, 0) is 43.2 Å². The number of para-hydroxylation sites is 1. The molecule has 3 amide bonds. The van der Waals surface area contributed by atoms with Crippen LogP contribution >= 0.6 is 23.1 Å². The van der Waals surface area contributed by atoms with E-state index >= 15 is 0 Å². The minimum absolute atomic E-state index is 0.0641. The Morgan fingerprint density at radius 1 is 1.06 bits per heavy atom. The molecule has 2 atom stereocenters. The molecule has 0 bridgehead atoms. The molecule has 0 radical (unpaired) electrons. The van der Waals surface area contributed by atoms with Crippen LogP contribution in [0.4, 0.5) is 11.4 Å². The maximum absolute atomic E-state index is 12.9. The van der Waals surface area contributed by atoms with E-state index in [1.807, 2.05) is 42.5 Å². The fraction of sp³-hybridized carbons (Fsp3) is 0.304. The summed E-state index contributed by atoms with van der Waals surface area (Å²) in [5.41, 5.74) is 2.19. The Kier molecular flexibility index (Phi) is 5.50. The third-order valence-corrected chi connectivity index (χ3v) is 8.00. The van der Waals surface area contributed by atoms with Crippen molar-refractivity contribution < 1.29 is 14.4 Å². The predicted molar refractivity (Wildman–Crippen MR) is 123 cm³/mol. The molecule has 0 unspecified atom stereocenters. The van der Waals surface area contributed by atoms with Crippen molar-refractivity contribution in [3.63, 3.8) is 0 Å². The number of fused-ring (bicyclic) bond motifs is 2. The second kappa shape index (κ2) is 8.43. The fourth-order valence-corrected chi connectivity index (χ4v) is 6.26. The van der Waals surface area contributed by atoms with Crippen LogP contribution in [0.25, 0.3) is 10.2 Å². The summed E-state index contributed by atoms with van der Waals surface area (Å²) >= 11 is 2.85. The number of hydrogen-bond donors (Lipinski definition) is 1. The molecule has 1 aliphatic heterocycles. The van der Waals surface area contributed by atoms with Crippen molar-refractivity contribution in [3.8, 4) is 0 Å². The molecule has 2 heterocycles. The highest BCUT2D eigenvalue weighted by Gasteiger charge is 2.48. The van der Waals surface area contributed by atoms with E-state index in [2.05, 4.69) is 10.3 Å². The average Bonchev–Trinajstić information content (AvgIpc) is 3.31. The summed E-state index contributed by atoms with van der Waals surface area (Å²) in [6, 6.07) is 14.9. The van der Waals surface area contributed by atoms with Gasteiger partial charge in [-0.2, -0.15) is 0 Å². The van der Waals surface area contributed by atoms with Gasteiger partial charge in [-0.1, -0.05) is 42.8 Å². The second-order valence-electron chi connectivity index (χ2n) is 7.84. The summed E-state index contributed by atoms with van der Waals surface area (Å²) in [6.45, 7) is 0. The monoisotopic (exact) mass is 451 g/mol. The molecule has 31 heavy (non-hydrogen) atoms. The first-order valence-corrected chi connectivity index (χ1v) is 12.2. The van der Waals surface area contributed by atoms with Gasteiger partial charge >= 0.3 is 0 Å². The van der Waals surface area contributed by atoms with E-state index in [-0.39, 0.29) is 35.3 Å². The standard InChI is InChI=1S/C23H21N3O3S2/c27-20(24-14-6-2-1-3-7-14)13-30-23-25-18-11-10-15(12-19(18)31-23)26-21(28)16-8-4-5-9-17(16)22(26)29/h1-3,6-7,10-12,16-17H,4-5,8-9,13H2,(H,24,27)/t16-,17-/m1/s1. The first-order valence-electron chi connectivity index (χ1n) is 10.4. The van der Waals surface area contributed by atoms with Crippen LogP contribution in [0.3, 0.4) is 0 Å². The highest BCUT2D eigenvalue weighted by Crippen LogP contribution is 2.41. The number of imide groups is 1. The Morgan fingerprint density at radius 2 is 1.77 bits per heavy atom. The van der Waals surface area contributed by atoms with Crippen molar-refractivity contribution in [3.05, 3.63) is 48.5 Å². The van der Waals surface area contributed by atoms with Crippen LogP contribution in [0.15, 0.2) is 52.9 Å². The van der Waals surface area contributed by atoms with E-state index in [1.165, 1.54) is 28.0 Å². The zero-order chi connectivity index (χ0) is 21.4. The Bertz CT molecular complexity index is 1140. The van der Waals surface area contributed by atoms with Crippen LogP contribution in [0.2, 0.25) is 0 Å². The van der Waals surface area contributed by atoms with E-state index in [1.54, 1.807) is 6.07 Å². The van der Waals surface area contributed by atoms with Crippen LogP contribution in [0, 0.1) is 11.8 Å². The fourth-order valence-electron chi connectivity index (χ4n) is 4.36. The molecule has 1 N–H and O–H groups in total. The Balaban J connectivity index is 1.29. The van der Waals surface area contributed by atoms with Gasteiger partial charge in [0.2, 0.25) is 17.7 Å². The SMILES string of the molecule is O=C(CSc1nc2ccc(N3C(=O)[C@@H]4CCCC[C@H]4C3=O)cc2s1)Nc1ccccc1. The lowest BCUT2D eigenvalue weighted by Crippen LogP contribution is -2.30. The van der Waals surface area contributed by atoms with Crippen molar-refractivity contribution in [1.82, 2.24) is 4.98 Å². The summed E-state index contributed by atoms with van der Waals surface area (Å²) in [7, 11) is 0. The van der Waals surface area contributed by atoms with Gasteiger partial charge in [0.1, 0.15) is 0 Å². The lowest BCUT2D eigenvalue weighted by atomic mass is 9.81. The van der Waals surface area contributed by atoms with Crippen molar-refractivity contribution in [1.29, 1.82) is 0 Å². The van der Waals surface area contributed by atoms with E-state index in [0.717, 1.165) is 45.9 Å². The third kappa shape index (κ3) is 3.97. The number of hydrogen-bond acceptors (Lipinski definition) is 6. The zero-order valence-electron chi connectivity index (χ0n) is 16.7. The molecule has 1 aromatic heterocycles. The molecule has 2 aliphatic rings. The van der Waals surface area contributed by atoms with Gasteiger partial charge in [0.05, 0.1) is 33.5 Å². The number of thiazole rings is 1. The quantitative estimate of drug-likeness (QED) is 0.449. The van der Waals surface area contributed by atoms with Crippen LogP contribution in [-0.4, -0.2) is 28.5 Å². The topological polar surface area (TPSA) is 79.4 Å². The molecule has 1 aliphatic carbocycles. The van der Waals surface area contributed by atoms with Crippen LogP contribution in [-0.2, 0) is 14.4 Å². The van der Waals surface area contributed by atoms with Crippen molar-refractivity contribution in [2.24, 2.45) is 11.8 Å². The molecular formula is C23H21N3O3S2. The largest absolute Gasteiger partial charge is 0.325 e. The number of carbonyl (C=O) groups is 3. The average molecular weight is 452 g/mol. The predicted octanol–water partition coefficient (Wildman–Crippen LogP) is 4.71. The lowest BCUT2D eigenvalue weighted by molar-refractivity contribution is -0.122. The van der Waals surface area contributed by atoms with Gasteiger partial charge in [0.15, 0.2) is 4.34 Å². The summed E-state index contributed by atoms with van der Waals surface area (Å²) < 4.78 is 1.68. The number of aromatic nitrogens is 1.